The average molecular weight is 550 g/mol. The highest BCUT2D eigenvalue weighted by molar-refractivity contribution is 7.89. The molecular weight excluding hydrogens is 514 g/mol. The number of benzene rings is 2. The molecule has 1 amide bonds. The molecule has 3 heterocycles. The van der Waals surface area contributed by atoms with Crippen molar-refractivity contribution in [2.75, 3.05) is 25.0 Å². The highest BCUT2D eigenvalue weighted by Crippen LogP contribution is 2.37. The molecule has 8 nitrogen and oxygen atoms in total. The van der Waals surface area contributed by atoms with Gasteiger partial charge in [-0.3, -0.25) is 9.59 Å². The third kappa shape index (κ3) is 6.09. The zero-order chi connectivity index (χ0) is 27.4. The second-order valence-electron chi connectivity index (χ2n) is 10.4. The number of ether oxygens (including phenoxy) is 1. The first-order valence-electron chi connectivity index (χ1n) is 13.7. The lowest BCUT2D eigenvalue weighted by atomic mass is 9.84. The fraction of sp³-hybridized carbons (Fsp3) is 0.400. The summed E-state index contributed by atoms with van der Waals surface area (Å²) in [5.41, 5.74) is 1.88. The predicted octanol–water partition coefficient (Wildman–Crippen LogP) is 4.87. The van der Waals surface area contributed by atoms with Crippen LogP contribution in [0, 0.1) is 5.92 Å². The van der Waals surface area contributed by atoms with Crippen LogP contribution in [0.3, 0.4) is 0 Å². The highest BCUT2D eigenvalue weighted by atomic mass is 32.2. The number of carbonyl (C=O) groups is 1. The van der Waals surface area contributed by atoms with Gasteiger partial charge in [0.15, 0.2) is 0 Å². The van der Waals surface area contributed by atoms with Crippen LogP contribution in [-0.4, -0.2) is 42.9 Å². The quantitative estimate of drug-likeness (QED) is 0.364. The van der Waals surface area contributed by atoms with E-state index in [1.807, 2.05) is 6.07 Å². The summed E-state index contributed by atoms with van der Waals surface area (Å²) in [4.78, 5) is 25.2. The van der Waals surface area contributed by atoms with Crippen LogP contribution in [0.5, 0.6) is 5.75 Å². The average Bonchev–Trinajstić information content (AvgIpc) is 2.94. The number of unbranched alkanes of at least 4 members (excludes halogenated alkanes) is 3. The first-order chi connectivity index (χ1) is 18.8. The SMILES string of the molecule is CCCCCCOc1ccc(C(=O)Nc2ccc(S(=O)(=O)N3C[C@@H]4C[C@@H](C3)c3cccc(=O)n3C4)cc2)cc1. The molecule has 3 aromatic rings. The molecule has 39 heavy (non-hydrogen) atoms. The number of amides is 1. The van der Waals surface area contributed by atoms with Gasteiger partial charge in [0.2, 0.25) is 10.0 Å². The van der Waals surface area contributed by atoms with Crippen LogP contribution < -0.4 is 15.6 Å². The summed E-state index contributed by atoms with van der Waals surface area (Å²) in [5.74, 6) is 0.549. The molecule has 1 fully saturated rings. The molecule has 1 aromatic heterocycles. The van der Waals surface area contributed by atoms with Crippen molar-refractivity contribution in [1.29, 1.82) is 0 Å². The van der Waals surface area contributed by atoms with Gasteiger partial charge in [0.25, 0.3) is 11.5 Å². The lowest BCUT2D eigenvalue weighted by Crippen LogP contribution is -2.48. The Bertz CT molecular complexity index is 1470. The fourth-order valence-electron chi connectivity index (χ4n) is 5.53. The summed E-state index contributed by atoms with van der Waals surface area (Å²) < 4.78 is 36.0. The number of hydrogen-bond donors (Lipinski definition) is 1. The van der Waals surface area contributed by atoms with E-state index in [1.165, 1.54) is 29.3 Å². The number of hydrogen-bond acceptors (Lipinski definition) is 5. The molecule has 0 saturated carbocycles. The molecule has 0 aliphatic carbocycles. The zero-order valence-corrected chi connectivity index (χ0v) is 23.0. The van der Waals surface area contributed by atoms with Gasteiger partial charge in [-0.15, -0.1) is 0 Å². The minimum Gasteiger partial charge on any atom is -0.494 e. The Kier molecular flexibility index (Phi) is 8.18. The van der Waals surface area contributed by atoms with Gasteiger partial charge in [0.05, 0.1) is 11.5 Å². The van der Waals surface area contributed by atoms with Gasteiger partial charge in [-0.2, -0.15) is 4.31 Å². The summed E-state index contributed by atoms with van der Waals surface area (Å²) in [6.07, 6.45) is 5.42. The number of anilines is 1. The Morgan fingerprint density at radius 2 is 1.72 bits per heavy atom. The van der Waals surface area contributed by atoms with E-state index in [0.29, 0.717) is 37.5 Å². The van der Waals surface area contributed by atoms with Crippen LogP contribution in [-0.2, 0) is 16.6 Å². The van der Waals surface area contributed by atoms with Crippen molar-refractivity contribution in [3.05, 3.63) is 88.3 Å². The third-order valence-corrected chi connectivity index (χ3v) is 9.43. The van der Waals surface area contributed by atoms with E-state index in [1.54, 1.807) is 53.1 Å². The van der Waals surface area contributed by atoms with Crippen LogP contribution in [0.15, 0.2) is 76.4 Å². The number of sulfonamides is 1. The zero-order valence-electron chi connectivity index (χ0n) is 22.2. The molecule has 0 spiro atoms. The molecule has 2 atom stereocenters. The summed E-state index contributed by atoms with van der Waals surface area (Å²) >= 11 is 0. The van der Waals surface area contributed by atoms with Gasteiger partial charge in [-0.1, -0.05) is 32.3 Å². The topological polar surface area (TPSA) is 97.7 Å². The van der Waals surface area contributed by atoms with E-state index >= 15 is 0 Å². The normalized spacial score (nSPS) is 18.8. The fourth-order valence-corrected chi connectivity index (χ4v) is 7.09. The standard InChI is InChI=1S/C30H35N3O5S/c1-2-3-4-5-17-38-26-13-9-23(10-14-26)30(35)31-25-11-15-27(16-12-25)39(36,37)32-19-22-18-24(21-32)28-7-6-8-29(34)33(28)20-22/h6-16,22,24H,2-5,17-21H2,1H3,(H,31,35)/t22-,24-/m0/s1. The molecule has 5 rings (SSSR count). The van der Waals surface area contributed by atoms with Gasteiger partial charge in [-0.25, -0.2) is 8.42 Å². The number of fused-ring (bicyclic) bond motifs is 4. The van der Waals surface area contributed by atoms with Crippen LogP contribution in [0.2, 0.25) is 0 Å². The minimum absolute atomic E-state index is 0.00224. The molecule has 2 aliphatic rings. The molecular formula is C30H35N3O5S. The summed E-state index contributed by atoms with van der Waals surface area (Å²) in [6, 6.07) is 18.5. The van der Waals surface area contributed by atoms with E-state index in [-0.39, 0.29) is 28.2 Å². The number of rotatable bonds is 10. The Labute approximate surface area is 229 Å². The monoisotopic (exact) mass is 549 g/mol. The van der Waals surface area contributed by atoms with Crippen LogP contribution in [0.1, 0.15) is 61.0 Å². The maximum atomic E-state index is 13.5. The first-order valence-corrected chi connectivity index (χ1v) is 15.1. The lowest BCUT2D eigenvalue weighted by molar-refractivity contribution is 0.102. The number of piperidine rings is 1. The third-order valence-electron chi connectivity index (χ3n) is 7.58. The first kappa shape index (κ1) is 27.1. The summed E-state index contributed by atoms with van der Waals surface area (Å²) in [7, 11) is -3.71. The van der Waals surface area contributed by atoms with Crippen molar-refractivity contribution in [1.82, 2.24) is 8.87 Å². The van der Waals surface area contributed by atoms with E-state index in [2.05, 4.69) is 12.2 Å². The van der Waals surface area contributed by atoms with Gasteiger partial charge < -0.3 is 14.6 Å². The van der Waals surface area contributed by atoms with Gasteiger partial charge in [-0.05, 0) is 73.4 Å². The molecule has 0 unspecified atom stereocenters. The summed E-state index contributed by atoms with van der Waals surface area (Å²) in [5, 5.41) is 2.83. The maximum absolute atomic E-state index is 13.5. The molecule has 2 bridgehead atoms. The molecule has 9 heteroatoms. The number of pyridine rings is 1. The Balaban J connectivity index is 1.20. The van der Waals surface area contributed by atoms with Crippen LogP contribution in [0.25, 0.3) is 0 Å². The van der Waals surface area contributed by atoms with Crippen molar-refractivity contribution in [2.45, 2.75) is 56.4 Å². The second-order valence-corrected chi connectivity index (χ2v) is 12.4. The van der Waals surface area contributed by atoms with Crippen molar-refractivity contribution in [2.24, 2.45) is 5.92 Å². The van der Waals surface area contributed by atoms with Crippen molar-refractivity contribution >= 4 is 21.6 Å². The van der Waals surface area contributed by atoms with E-state index < -0.39 is 10.0 Å². The molecule has 2 aromatic carbocycles. The maximum Gasteiger partial charge on any atom is 0.255 e. The van der Waals surface area contributed by atoms with Crippen LogP contribution >= 0.6 is 0 Å². The van der Waals surface area contributed by atoms with Crippen molar-refractivity contribution in [3.63, 3.8) is 0 Å². The largest absolute Gasteiger partial charge is 0.494 e. The summed E-state index contributed by atoms with van der Waals surface area (Å²) in [6.45, 7) is 4.10. The number of nitrogens with one attached hydrogen (secondary N) is 1. The number of carbonyl (C=O) groups excluding carboxylic acids is 1. The van der Waals surface area contributed by atoms with Gasteiger partial charge in [0, 0.05) is 48.6 Å². The van der Waals surface area contributed by atoms with Crippen LogP contribution in [0.4, 0.5) is 5.69 Å². The van der Waals surface area contributed by atoms with Gasteiger partial charge >= 0.3 is 0 Å². The molecule has 2 aliphatic heterocycles. The molecule has 1 saturated heterocycles. The van der Waals surface area contributed by atoms with E-state index in [0.717, 1.165) is 30.7 Å². The minimum atomic E-state index is -3.71. The number of aromatic nitrogens is 1. The molecule has 0 radical (unpaired) electrons. The van der Waals surface area contributed by atoms with E-state index in [9.17, 15) is 18.0 Å². The van der Waals surface area contributed by atoms with Crippen molar-refractivity contribution < 1.29 is 17.9 Å². The number of nitrogens with zero attached hydrogens (tertiary/aromatic N) is 2. The Morgan fingerprint density at radius 1 is 0.949 bits per heavy atom. The Morgan fingerprint density at radius 3 is 2.46 bits per heavy atom. The Hall–Kier alpha value is -3.43. The predicted molar refractivity (Wildman–Crippen MR) is 151 cm³/mol. The smallest absolute Gasteiger partial charge is 0.255 e. The van der Waals surface area contributed by atoms with E-state index in [4.69, 9.17) is 4.74 Å². The van der Waals surface area contributed by atoms with Gasteiger partial charge in [0.1, 0.15) is 5.75 Å². The van der Waals surface area contributed by atoms with Crippen molar-refractivity contribution in [3.8, 4) is 5.75 Å². The lowest BCUT2D eigenvalue weighted by Gasteiger charge is -2.42. The molecule has 1 N–H and O–H groups in total. The second kappa shape index (κ2) is 11.8. The molecule has 206 valence electrons. The highest BCUT2D eigenvalue weighted by Gasteiger charge is 2.39.